The van der Waals surface area contributed by atoms with E-state index < -0.39 is 0 Å². The predicted molar refractivity (Wildman–Crippen MR) is 77.7 cm³/mol. The fourth-order valence-corrected chi connectivity index (χ4v) is 2.15. The number of hydrogen-bond acceptors (Lipinski definition) is 2. The maximum Gasteiger partial charge on any atom is 0.0706 e. The van der Waals surface area contributed by atoms with Crippen LogP contribution in [0.2, 0.25) is 0 Å². The van der Waals surface area contributed by atoms with E-state index in [2.05, 4.69) is 48.2 Å². The van der Waals surface area contributed by atoms with Gasteiger partial charge in [-0.25, -0.2) is 4.68 Å². The van der Waals surface area contributed by atoms with E-state index in [1.54, 1.807) is 0 Å². The molecule has 0 unspecified atom stereocenters. The normalized spacial score (nSPS) is 11.4. The molecule has 96 valence electrons. The van der Waals surface area contributed by atoms with E-state index in [1.165, 1.54) is 0 Å². The first-order valence-corrected chi connectivity index (χ1v) is 6.57. The van der Waals surface area contributed by atoms with Gasteiger partial charge in [0.15, 0.2) is 0 Å². The Bertz CT molecular complexity index is 726. The van der Waals surface area contributed by atoms with Gasteiger partial charge in [0, 0.05) is 17.3 Å². The number of aryl methyl sites for hydroxylation is 1. The number of pyridine rings is 1. The summed E-state index contributed by atoms with van der Waals surface area (Å²) >= 11 is 0. The fourth-order valence-electron chi connectivity index (χ4n) is 2.15. The summed E-state index contributed by atoms with van der Waals surface area (Å²) in [5.74, 6) is 0.450. The van der Waals surface area contributed by atoms with Gasteiger partial charge in [0.1, 0.15) is 0 Å². The van der Waals surface area contributed by atoms with Gasteiger partial charge in [-0.3, -0.25) is 4.98 Å². The van der Waals surface area contributed by atoms with Crippen molar-refractivity contribution in [1.82, 2.24) is 14.8 Å². The van der Waals surface area contributed by atoms with Crippen LogP contribution in [0.5, 0.6) is 0 Å². The Morgan fingerprint density at radius 1 is 1.05 bits per heavy atom. The first-order chi connectivity index (χ1) is 9.13. The molecule has 1 aromatic carbocycles. The van der Waals surface area contributed by atoms with E-state index in [1.807, 2.05) is 29.9 Å². The average Bonchev–Trinajstić information content (AvgIpc) is 2.88. The standard InChI is InChI=1S/C16H17N3/c1-11(2)15-8-9-19(18-15)14-6-7-16-13(10-14)5-4-12(3)17-16/h4-11H,1-3H3. The second-order valence-electron chi connectivity index (χ2n) is 5.17. The van der Waals surface area contributed by atoms with E-state index in [-0.39, 0.29) is 0 Å². The third-order valence-electron chi connectivity index (χ3n) is 3.28. The number of hydrogen-bond donors (Lipinski definition) is 0. The third-order valence-corrected chi connectivity index (χ3v) is 3.28. The summed E-state index contributed by atoms with van der Waals surface area (Å²) in [5, 5.41) is 5.74. The van der Waals surface area contributed by atoms with Gasteiger partial charge in [-0.15, -0.1) is 0 Å². The summed E-state index contributed by atoms with van der Waals surface area (Å²) in [4.78, 5) is 4.51. The van der Waals surface area contributed by atoms with Crippen LogP contribution < -0.4 is 0 Å². The molecule has 0 aliphatic rings. The summed E-state index contributed by atoms with van der Waals surface area (Å²) in [6.45, 7) is 6.31. The topological polar surface area (TPSA) is 30.7 Å². The molecule has 3 aromatic rings. The van der Waals surface area contributed by atoms with Crippen LogP contribution in [0.1, 0.15) is 31.2 Å². The Balaban J connectivity index is 2.07. The van der Waals surface area contributed by atoms with Crippen LogP contribution in [-0.4, -0.2) is 14.8 Å². The van der Waals surface area contributed by atoms with Crippen LogP contribution in [0.15, 0.2) is 42.6 Å². The van der Waals surface area contributed by atoms with Crippen LogP contribution >= 0.6 is 0 Å². The highest BCUT2D eigenvalue weighted by molar-refractivity contribution is 5.80. The number of benzene rings is 1. The average molecular weight is 251 g/mol. The molecule has 0 fully saturated rings. The summed E-state index contributed by atoms with van der Waals surface area (Å²) in [7, 11) is 0. The Hall–Kier alpha value is -2.16. The van der Waals surface area contributed by atoms with Crippen LogP contribution in [0.4, 0.5) is 0 Å². The largest absolute Gasteiger partial charge is 0.253 e. The lowest BCUT2D eigenvalue weighted by Crippen LogP contribution is -1.97. The van der Waals surface area contributed by atoms with E-state index >= 15 is 0 Å². The van der Waals surface area contributed by atoms with Crippen molar-refractivity contribution in [2.75, 3.05) is 0 Å². The molecule has 0 aliphatic carbocycles. The number of aromatic nitrogens is 3. The highest BCUT2D eigenvalue weighted by Crippen LogP contribution is 2.19. The summed E-state index contributed by atoms with van der Waals surface area (Å²) in [6, 6.07) is 12.4. The SMILES string of the molecule is Cc1ccc2cc(-n3ccc(C(C)C)n3)ccc2n1. The summed E-state index contributed by atoms with van der Waals surface area (Å²) < 4.78 is 1.93. The Morgan fingerprint density at radius 2 is 1.89 bits per heavy atom. The molecule has 0 atom stereocenters. The van der Waals surface area contributed by atoms with Crippen molar-refractivity contribution in [2.24, 2.45) is 0 Å². The van der Waals surface area contributed by atoms with Crippen molar-refractivity contribution >= 4 is 10.9 Å². The van der Waals surface area contributed by atoms with Gasteiger partial charge in [-0.2, -0.15) is 5.10 Å². The highest BCUT2D eigenvalue weighted by atomic mass is 15.3. The van der Waals surface area contributed by atoms with Crippen molar-refractivity contribution in [3.05, 3.63) is 54.0 Å². The molecule has 0 radical (unpaired) electrons. The second kappa shape index (κ2) is 4.50. The minimum absolute atomic E-state index is 0.450. The zero-order chi connectivity index (χ0) is 13.4. The van der Waals surface area contributed by atoms with Gasteiger partial charge in [-0.1, -0.05) is 19.9 Å². The molecule has 0 saturated heterocycles. The summed E-state index contributed by atoms with van der Waals surface area (Å²) in [6.07, 6.45) is 2.01. The molecule has 0 aliphatic heterocycles. The Kier molecular flexibility index (Phi) is 2.82. The van der Waals surface area contributed by atoms with Crippen LogP contribution in [0.3, 0.4) is 0 Å². The van der Waals surface area contributed by atoms with Crippen molar-refractivity contribution in [2.45, 2.75) is 26.7 Å². The van der Waals surface area contributed by atoms with Gasteiger partial charge in [0.2, 0.25) is 0 Å². The molecule has 3 rings (SSSR count). The number of nitrogens with zero attached hydrogens (tertiary/aromatic N) is 3. The van der Waals surface area contributed by atoms with Gasteiger partial charge < -0.3 is 0 Å². The number of fused-ring (bicyclic) bond motifs is 1. The minimum Gasteiger partial charge on any atom is -0.253 e. The smallest absolute Gasteiger partial charge is 0.0706 e. The van der Waals surface area contributed by atoms with Crippen molar-refractivity contribution in [1.29, 1.82) is 0 Å². The Morgan fingerprint density at radius 3 is 2.63 bits per heavy atom. The molecular weight excluding hydrogens is 234 g/mol. The van der Waals surface area contributed by atoms with Crippen LogP contribution in [0.25, 0.3) is 16.6 Å². The van der Waals surface area contributed by atoms with Gasteiger partial charge in [0.25, 0.3) is 0 Å². The maximum absolute atomic E-state index is 4.60. The molecule has 0 amide bonds. The lowest BCUT2D eigenvalue weighted by atomic mass is 10.1. The lowest BCUT2D eigenvalue weighted by molar-refractivity contribution is 0.769. The highest BCUT2D eigenvalue weighted by Gasteiger charge is 2.05. The van der Waals surface area contributed by atoms with E-state index in [9.17, 15) is 0 Å². The fraction of sp³-hybridized carbons (Fsp3) is 0.250. The first-order valence-electron chi connectivity index (χ1n) is 6.57. The zero-order valence-corrected chi connectivity index (χ0v) is 11.5. The molecule has 3 nitrogen and oxygen atoms in total. The molecule has 3 heteroatoms. The molecule has 2 aromatic heterocycles. The Labute approximate surface area is 112 Å². The van der Waals surface area contributed by atoms with E-state index in [4.69, 9.17) is 0 Å². The number of rotatable bonds is 2. The van der Waals surface area contributed by atoms with E-state index in [0.29, 0.717) is 5.92 Å². The predicted octanol–water partition coefficient (Wildman–Crippen LogP) is 3.85. The van der Waals surface area contributed by atoms with E-state index in [0.717, 1.165) is 28.0 Å². The van der Waals surface area contributed by atoms with Crippen LogP contribution in [0, 0.1) is 6.92 Å². The molecule has 19 heavy (non-hydrogen) atoms. The second-order valence-corrected chi connectivity index (χ2v) is 5.17. The molecule has 0 bridgehead atoms. The minimum atomic E-state index is 0.450. The van der Waals surface area contributed by atoms with Crippen molar-refractivity contribution in [3.8, 4) is 5.69 Å². The molecule has 0 saturated carbocycles. The zero-order valence-electron chi connectivity index (χ0n) is 11.5. The molecule has 2 heterocycles. The lowest BCUT2D eigenvalue weighted by Gasteiger charge is -2.05. The molecular formula is C16H17N3. The van der Waals surface area contributed by atoms with Gasteiger partial charge >= 0.3 is 0 Å². The third kappa shape index (κ3) is 2.24. The van der Waals surface area contributed by atoms with Crippen molar-refractivity contribution in [3.63, 3.8) is 0 Å². The quantitative estimate of drug-likeness (QED) is 0.692. The molecule has 0 N–H and O–H groups in total. The van der Waals surface area contributed by atoms with Crippen LogP contribution in [-0.2, 0) is 0 Å². The monoisotopic (exact) mass is 251 g/mol. The first kappa shape index (κ1) is 11.9. The van der Waals surface area contributed by atoms with Gasteiger partial charge in [0.05, 0.1) is 16.9 Å². The molecule has 0 spiro atoms. The summed E-state index contributed by atoms with van der Waals surface area (Å²) in [5.41, 5.74) is 4.26. The van der Waals surface area contributed by atoms with Gasteiger partial charge in [-0.05, 0) is 43.2 Å². The maximum atomic E-state index is 4.60. The van der Waals surface area contributed by atoms with Crippen molar-refractivity contribution < 1.29 is 0 Å².